The zero-order chi connectivity index (χ0) is 25.3. The zero-order valence-electron chi connectivity index (χ0n) is 20.6. The summed E-state index contributed by atoms with van der Waals surface area (Å²) >= 11 is 3.50. The number of rotatable bonds is 11. The third kappa shape index (κ3) is 7.68. The smallest absolute Gasteiger partial charge is 0.303 e. The van der Waals surface area contributed by atoms with Gasteiger partial charge >= 0.3 is 5.97 Å². The lowest BCUT2D eigenvalue weighted by atomic mass is 9.88. The van der Waals surface area contributed by atoms with Crippen LogP contribution in [0.15, 0.2) is 40.6 Å². The van der Waals surface area contributed by atoms with Gasteiger partial charge in [-0.25, -0.2) is 0 Å². The number of halogens is 1. The molecule has 6 atom stereocenters. The van der Waals surface area contributed by atoms with Gasteiger partial charge in [-0.15, -0.1) is 0 Å². The summed E-state index contributed by atoms with van der Waals surface area (Å²) in [7, 11) is 0. The largest absolute Gasteiger partial charge is 0.492 e. The Morgan fingerprint density at radius 2 is 1.81 bits per heavy atom. The van der Waals surface area contributed by atoms with E-state index >= 15 is 0 Å². The number of hydrogen-bond donors (Lipinski definition) is 2. The third-order valence-electron chi connectivity index (χ3n) is 7.00. The number of carboxylic acid groups (broad SMARTS) is 1. The molecule has 2 N–H and O–H groups in total. The lowest BCUT2D eigenvalue weighted by Crippen LogP contribution is -2.35. The molecule has 0 spiro atoms. The zero-order valence-corrected chi connectivity index (χ0v) is 22.1. The standard InChI is InChI=1S/C27H37BrO8/c28-19-8-1-2-9-21(19)32-15-7-10-22(35-25-11-3-5-13-33-25)27-18(16-24(30)31)20(29)17-23(27)36-26-12-4-6-14-34-26/h1-2,8-10,18,20,23,25-27,29H,3-7,11-17H2,(H,30,31)/t18-,20-,23+,25?,26?,27+/m0/s1. The van der Waals surface area contributed by atoms with Crippen molar-refractivity contribution in [1.29, 1.82) is 0 Å². The average Bonchev–Trinajstić information content (AvgIpc) is 3.17. The first-order chi connectivity index (χ1) is 17.5. The summed E-state index contributed by atoms with van der Waals surface area (Å²) in [5.41, 5.74) is 0. The molecule has 0 radical (unpaired) electrons. The lowest BCUT2D eigenvalue weighted by molar-refractivity contribution is -0.201. The highest BCUT2D eigenvalue weighted by molar-refractivity contribution is 9.10. The Morgan fingerprint density at radius 3 is 2.47 bits per heavy atom. The van der Waals surface area contributed by atoms with Crippen molar-refractivity contribution in [3.05, 3.63) is 40.6 Å². The summed E-state index contributed by atoms with van der Waals surface area (Å²) in [4.78, 5) is 11.7. The summed E-state index contributed by atoms with van der Waals surface area (Å²) in [5, 5.41) is 20.5. The van der Waals surface area contributed by atoms with Crippen LogP contribution in [0.3, 0.4) is 0 Å². The number of benzene rings is 1. The number of aliphatic carboxylic acids is 1. The van der Waals surface area contributed by atoms with E-state index in [1.165, 1.54) is 0 Å². The van der Waals surface area contributed by atoms with E-state index < -0.39 is 36.3 Å². The van der Waals surface area contributed by atoms with Gasteiger partial charge in [0.05, 0.1) is 36.3 Å². The third-order valence-corrected chi connectivity index (χ3v) is 7.65. The molecule has 2 unspecified atom stereocenters. The summed E-state index contributed by atoms with van der Waals surface area (Å²) in [5.74, 6) is -0.546. The molecule has 2 aliphatic heterocycles. The van der Waals surface area contributed by atoms with Crippen molar-refractivity contribution in [1.82, 2.24) is 0 Å². The molecular formula is C27H37BrO8. The van der Waals surface area contributed by atoms with Crippen LogP contribution in [-0.2, 0) is 23.7 Å². The van der Waals surface area contributed by atoms with E-state index in [0.29, 0.717) is 38.4 Å². The van der Waals surface area contributed by atoms with Gasteiger partial charge in [-0.1, -0.05) is 12.1 Å². The van der Waals surface area contributed by atoms with Crippen molar-refractivity contribution in [2.75, 3.05) is 19.8 Å². The maximum absolute atomic E-state index is 11.7. The Kier molecular flexibility index (Phi) is 10.5. The first-order valence-electron chi connectivity index (χ1n) is 13.0. The first kappa shape index (κ1) is 27.4. The number of ether oxygens (including phenoxy) is 5. The molecule has 4 rings (SSSR count). The summed E-state index contributed by atoms with van der Waals surface area (Å²) < 4.78 is 31.2. The predicted octanol–water partition coefficient (Wildman–Crippen LogP) is 5.03. The first-order valence-corrected chi connectivity index (χ1v) is 13.8. The molecule has 3 fully saturated rings. The van der Waals surface area contributed by atoms with Gasteiger partial charge in [0, 0.05) is 37.7 Å². The van der Waals surface area contributed by atoms with Gasteiger partial charge in [0.15, 0.2) is 12.6 Å². The van der Waals surface area contributed by atoms with E-state index in [1.54, 1.807) is 0 Å². The highest BCUT2D eigenvalue weighted by Crippen LogP contribution is 2.43. The van der Waals surface area contributed by atoms with E-state index in [4.69, 9.17) is 23.7 Å². The molecule has 0 aromatic heterocycles. The molecular weight excluding hydrogens is 532 g/mol. The number of hydrogen-bond acceptors (Lipinski definition) is 7. The molecule has 1 aromatic carbocycles. The topological polar surface area (TPSA) is 104 Å². The fourth-order valence-electron chi connectivity index (χ4n) is 5.24. The Balaban J connectivity index is 1.53. The Morgan fingerprint density at radius 1 is 1.08 bits per heavy atom. The van der Waals surface area contributed by atoms with Gasteiger partial charge < -0.3 is 33.9 Å². The molecule has 1 aromatic rings. The molecule has 2 saturated heterocycles. The molecule has 1 aliphatic carbocycles. The minimum absolute atomic E-state index is 0.170. The monoisotopic (exact) mass is 568 g/mol. The molecule has 2 heterocycles. The molecule has 36 heavy (non-hydrogen) atoms. The van der Waals surface area contributed by atoms with Crippen LogP contribution in [0.5, 0.6) is 5.75 Å². The SMILES string of the molecule is O=C(O)C[C@@H]1[C@H](C(=CCCOc2ccccc2Br)OC2CCCCO2)[C@H](OC2CCCCO2)C[C@@H]1O. The van der Waals surface area contributed by atoms with Crippen LogP contribution in [0.1, 0.15) is 57.8 Å². The summed E-state index contributed by atoms with van der Waals surface area (Å²) in [6.45, 7) is 1.69. The van der Waals surface area contributed by atoms with Gasteiger partial charge in [0.1, 0.15) is 11.5 Å². The molecule has 0 bridgehead atoms. The van der Waals surface area contributed by atoms with Crippen molar-refractivity contribution in [2.45, 2.75) is 82.6 Å². The molecule has 3 aliphatic rings. The van der Waals surface area contributed by atoms with Crippen LogP contribution in [-0.4, -0.2) is 60.8 Å². The normalized spacial score (nSPS) is 31.2. The lowest BCUT2D eigenvalue weighted by Gasteiger charge is -2.33. The molecule has 1 saturated carbocycles. The van der Waals surface area contributed by atoms with Crippen molar-refractivity contribution in [2.24, 2.45) is 11.8 Å². The molecule has 200 valence electrons. The van der Waals surface area contributed by atoms with Crippen LogP contribution in [0, 0.1) is 11.8 Å². The van der Waals surface area contributed by atoms with Crippen LogP contribution >= 0.6 is 15.9 Å². The van der Waals surface area contributed by atoms with Crippen LogP contribution in [0.2, 0.25) is 0 Å². The maximum atomic E-state index is 11.7. The van der Waals surface area contributed by atoms with Crippen molar-refractivity contribution < 1.29 is 38.7 Å². The summed E-state index contributed by atoms with van der Waals surface area (Å²) in [6, 6.07) is 7.66. The minimum atomic E-state index is -0.954. The van der Waals surface area contributed by atoms with Crippen molar-refractivity contribution >= 4 is 21.9 Å². The fourth-order valence-corrected chi connectivity index (χ4v) is 5.64. The van der Waals surface area contributed by atoms with E-state index in [1.807, 2.05) is 30.3 Å². The van der Waals surface area contributed by atoms with E-state index in [-0.39, 0.29) is 12.7 Å². The van der Waals surface area contributed by atoms with Gasteiger partial charge in [-0.3, -0.25) is 4.79 Å². The second-order valence-corrected chi connectivity index (χ2v) is 10.5. The van der Waals surface area contributed by atoms with E-state index in [2.05, 4.69) is 15.9 Å². The number of carbonyl (C=O) groups is 1. The Bertz CT molecular complexity index is 865. The van der Waals surface area contributed by atoms with Crippen LogP contribution < -0.4 is 4.74 Å². The second-order valence-electron chi connectivity index (χ2n) is 9.65. The minimum Gasteiger partial charge on any atom is -0.492 e. The quantitative estimate of drug-likeness (QED) is 0.283. The van der Waals surface area contributed by atoms with Gasteiger partial charge in [-0.05, 0) is 66.2 Å². The van der Waals surface area contributed by atoms with Crippen LogP contribution in [0.4, 0.5) is 0 Å². The van der Waals surface area contributed by atoms with E-state index in [0.717, 1.165) is 48.7 Å². The van der Waals surface area contributed by atoms with Gasteiger partial charge in [0.25, 0.3) is 0 Å². The highest BCUT2D eigenvalue weighted by atomic mass is 79.9. The molecule has 0 amide bonds. The number of carboxylic acids is 1. The Labute approximate surface area is 221 Å². The average molecular weight is 569 g/mol. The van der Waals surface area contributed by atoms with Crippen molar-refractivity contribution in [3.8, 4) is 5.75 Å². The number of aliphatic hydroxyl groups is 1. The van der Waals surface area contributed by atoms with Crippen molar-refractivity contribution in [3.63, 3.8) is 0 Å². The maximum Gasteiger partial charge on any atom is 0.303 e. The number of para-hydroxylation sites is 1. The fraction of sp³-hybridized carbons (Fsp3) is 0.667. The second kappa shape index (κ2) is 13.8. The molecule has 9 heteroatoms. The Hall–Kier alpha value is -1.65. The summed E-state index contributed by atoms with van der Waals surface area (Å²) in [6.07, 6.45) is 6.26. The number of aliphatic hydroxyl groups excluding tert-OH is 1. The van der Waals surface area contributed by atoms with Gasteiger partial charge in [0.2, 0.25) is 0 Å². The predicted molar refractivity (Wildman–Crippen MR) is 135 cm³/mol. The molecule has 8 nitrogen and oxygen atoms in total. The van der Waals surface area contributed by atoms with Gasteiger partial charge in [-0.2, -0.15) is 0 Å². The highest BCUT2D eigenvalue weighted by Gasteiger charge is 2.48. The van der Waals surface area contributed by atoms with E-state index in [9.17, 15) is 15.0 Å². The van der Waals surface area contributed by atoms with Crippen LogP contribution in [0.25, 0.3) is 0 Å².